The van der Waals surface area contributed by atoms with E-state index in [0.29, 0.717) is 6.61 Å². The molecule has 0 aromatic carbocycles. The minimum atomic E-state index is 0.703. The Morgan fingerprint density at radius 3 is 2.33 bits per heavy atom. The van der Waals surface area contributed by atoms with Gasteiger partial charge in [-0.05, 0) is 52.8 Å². The van der Waals surface area contributed by atoms with Gasteiger partial charge in [-0.3, -0.25) is 0 Å². The summed E-state index contributed by atoms with van der Waals surface area (Å²) in [4.78, 5) is 9.15. The van der Waals surface area contributed by atoms with Crippen LogP contribution in [-0.2, 0) is 17.6 Å². The molecule has 0 saturated carbocycles. The van der Waals surface area contributed by atoms with Crippen molar-refractivity contribution in [2.45, 2.75) is 40.0 Å². The largest absolute Gasteiger partial charge is 0.381 e. The minimum Gasteiger partial charge on any atom is -0.381 e. The Balaban J connectivity index is 2.65. The van der Waals surface area contributed by atoms with Crippen LogP contribution in [0.25, 0.3) is 0 Å². The van der Waals surface area contributed by atoms with Crippen LogP contribution in [-0.4, -0.2) is 36.8 Å². The summed E-state index contributed by atoms with van der Waals surface area (Å²) in [7, 11) is 1.98. The van der Waals surface area contributed by atoms with Crippen LogP contribution in [0, 0.1) is 13.8 Å². The SMILES string of the molecule is CCOCCc1nc(C)c(CCCNC)c(C)n1. The van der Waals surface area contributed by atoms with Gasteiger partial charge in [-0.25, -0.2) is 9.97 Å². The Kier molecular flexibility index (Phi) is 6.83. The minimum absolute atomic E-state index is 0.703. The molecule has 0 saturated heterocycles. The van der Waals surface area contributed by atoms with Crippen LogP contribution in [0.1, 0.15) is 36.1 Å². The summed E-state index contributed by atoms with van der Waals surface area (Å²) in [6.45, 7) is 8.64. The number of aryl methyl sites for hydroxylation is 2. The van der Waals surface area contributed by atoms with Crippen LogP contribution < -0.4 is 5.32 Å². The zero-order valence-corrected chi connectivity index (χ0v) is 12.0. The van der Waals surface area contributed by atoms with Gasteiger partial charge in [0.2, 0.25) is 0 Å². The van der Waals surface area contributed by atoms with Crippen LogP contribution in [0.2, 0.25) is 0 Å². The van der Waals surface area contributed by atoms with Crippen LogP contribution >= 0.6 is 0 Å². The van der Waals surface area contributed by atoms with E-state index >= 15 is 0 Å². The van der Waals surface area contributed by atoms with E-state index in [1.165, 1.54) is 5.56 Å². The maximum absolute atomic E-state index is 5.34. The quantitative estimate of drug-likeness (QED) is 0.716. The molecule has 0 bridgehead atoms. The van der Waals surface area contributed by atoms with Crippen LogP contribution in [0.4, 0.5) is 0 Å². The lowest BCUT2D eigenvalue weighted by Crippen LogP contribution is -2.12. The monoisotopic (exact) mass is 251 g/mol. The molecular formula is C14H25N3O. The van der Waals surface area contributed by atoms with Gasteiger partial charge in [0.1, 0.15) is 5.82 Å². The molecule has 0 radical (unpaired) electrons. The molecule has 1 N–H and O–H groups in total. The molecule has 0 spiro atoms. The molecule has 18 heavy (non-hydrogen) atoms. The summed E-state index contributed by atoms with van der Waals surface area (Å²) < 4.78 is 5.34. The second-order valence-electron chi connectivity index (χ2n) is 4.44. The molecule has 1 rings (SSSR count). The van der Waals surface area contributed by atoms with E-state index in [4.69, 9.17) is 4.74 Å². The van der Waals surface area contributed by atoms with Gasteiger partial charge in [-0.15, -0.1) is 0 Å². The van der Waals surface area contributed by atoms with E-state index < -0.39 is 0 Å². The lowest BCUT2D eigenvalue weighted by molar-refractivity contribution is 0.149. The summed E-state index contributed by atoms with van der Waals surface area (Å²) in [5.41, 5.74) is 3.53. The number of aromatic nitrogens is 2. The number of hydrogen-bond donors (Lipinski definition) is 1. The van der Waals surface area contributed by atoms with Crippen molar-refractivity contribution in [1.82, 2.24) is 15.3 Å². The van der Waals surface area contributed by atoms with Crippen molar-refractivity contribution in [1.29, 1.82) is 0 Å². The number of ether oxygens (including phenoxy) is 1. The standard InChI is InChI=1S/C14H25N3O/c1-5-18-10-8-14-16-11(2)13(12(3)17-14)7-6-9-15-4/h15H,5-10H2,1-4H3. The highest BCUT2D eigenvalue weighted by Crippen LogP contribution is 2.12. The van der Waals surface area contributed by atoms with Crippen LogP contribution in [0.15, 0.2) is 0 Å². The smallest absolute Gasteiger partial charge is 0.131 e. The molecular weight excluding hydrogens is 226 g/mol. The Hall–Kier alpha value is -1.00. The number of nitrogens with one attached hydrogen (secondary N) is 1. The highest BCUT2D eigenvalue weighted by Gasteiger charge is 2.08. The molecule has 1 aromatic heterocycles. The molecule has 1 aromatic rings. The van der Waals surface area contributed by atoms with Gasteiger partial charge < -0.3 is 10.1 Å². The van der Waals surface area contributed by atoms with Gasteiger partial charge in [-0.1, -0.05) is 0 Å². The van der Waals surface area contributed by atoms with E-state index in [1.54, 1.807) is 0 Å². The zero-order valence-electron chi connectivity index (χ0n) is 12.0. The van der Waals surface area contributed by atoms with Gasteiger partial charge in [-0.2, -0.15) is 0 Å². The number of hydrogen-bond acceptors (Lipinski definition) is 4. The molecule has 0 amide bonds. The third kappa shape index (κ3) is 4.70. The lowest BCUT2D eigenvalue weighted by Gasteiger charge is -2.11. The van der Waals surface area contributed by atoms with E-state index in [9.17, 15) is 0 Å². The molecule has 0 atom stereocenters. The number of nitrogens with zero attached hydrogens (tertiary/aromatic N) is 2. The van der Waals surface area contributed by atoms with Gasteiger partial charge in [0.25, 0.3) is 0 Å². The summed E-state index contributed by atoms with van der Waals surface area (Å²) in [5.74, 6) is 0.899. The first-order chi connectivity index (χ1) is 8.69. The second kappa shape index (κ2) is 8.16. The van der Waals surface area contributed by atoms with Crippen molar-refractivity contribution in [2.24, 2.45) is 0 Å². The molecule has 4 nitrogen and oxygen atoms in total. The molecule has 0 aliphatic carbocycles. The fraction of sp³-hybridized carbons (Fsp3) is 0.714. The molecule has 0 aliphatic rings. The molecule has 0 fully saturated rings. The van der Waals surface area contributed by atoms with E-state index in [2.05, 4.69) is 29.1 Å². The zero-order chi connectivity index (χ0) is 13.4. The molecule has 1 heterocycles. The fourth-order valence-electron chi connectivity index (χ4n) is 2.03. The summed E-state index contributed by atoms with van der Waals surface area (Å²) >= 11 is 0. The predicted molar refractivity (Wildman–Crippen MR) is 74.0 cm³/mol. The summed E-state index contributed by atoms with van der Waals surface area (Å²) in [6, 6.07) is 0. The lowest BCUT2D eigenvalue weighted by atomic mass is 10.1. The van der Waals surface area contributed by atoms with E-state index in [0.717, 1.165) is 49.6 Å². The van der Waals surface area contributed by atoms with Crippen molar-refractivity contribution in [3.63, 3.8) is 0 Å². The normalized spacial score (nSPS) is 10.9. The average Bonchev–Trinajstić information content (AvgIpc) is 2.33. The first kappa shape index (κ1) is 15.1. The molecule has 102 valence electrons. The Morgan fingerprint density at radius 2 is 1.78 bits per heavy atom. The summed E-state index contributed by atoms with van der Waals surface area (Å²) in [5, 5.41) is 3.17. The van der Waals surface area contributed by atoms with Crippen LogP contribution in [0.3, 0.4) is 0 Å². The Labute approximate surface area is 110 Å². The Bertz CT molecular complexity index is 343. The van der Waals surface area contributed by atoms with Gasteiger partial charge in [0, 0.05) is 24.4 Å². The maximum Gasteiger partial charge on any atom is 0.131 e. The van der Waals surface area contributed by atoms with Crippen molar-refractivity contribution in [3.05, 3.63) is 22.8 Å². The fourth-order valence-corrected chi connectivity index (χ4v) is 2.03. The first-order valence-electron chi connectivity index (χ1n) is 6.74. The maximum atomic E-state index is 5.34. The first-order valence-corrected chi connectivity index (χ1v) is 6.74. The van der Waals surface area contributed by atoms with Gasteiger partial charge >= 0.3 is 0 Å². The second-order valence-corrected chi connectivity index (χ2v) is 4.44. The average molecular weight is 251 g/mol. The highest BCUT2D eigenvalue weighted by atomic mass is 16.5. The van der Waals surface area contributed by atoms with Crippen molar-refractivity contribution in [2.75, 3.05) is 26.8 Å². The predicted octanol–water partition coefficient (Wildman–Crippen LogP) is 1.82. The summed E-state index contributed by atoms with van der Waals surface area (Å²) in [6.07, 6.45) is 2.97. The Morgan fingerprint density at radius 1 is 1.11 bits per heavy atom. The number of rotatable bonds is 8. The van der Waals surface area contributed by atoms with E-state index in [-0.39, 0.29) is 0 Å². The third-order valence-electron chi connectivity index (χ3n) is 2.99. The highest BCUT2D eigenvalue weighted by molar-refractivity contribution is 5.24. The molecule has 0 unspecified atom stereocenters. The van der Waals surface area contributed by atoms with Crippen molar-refractivity contribution in [3.8, 4) is 0 Å². The van der Waals surface area contributed by atoms with Crippen molar-refractivity contribution >= 4 is 0 Å². The van der Waals surface area contributed by atoms with Gasteiger partial charge in [0.05, 0.1) is 6.61 Å². The molecule has 4 heteroatoms. The van der Waals surface area contributed by atoms with Crippen molar-refractivity contribution < 1.29 is 4.74 Å². The topological polar surface area (TPSA) is 47.0 Å². The third-order valence-corrected chi connectivity index (χ3v) is 2.99. The molecule has 0 aliphatic heterocycles. The van der Waals surface area contributed by atoms with Crippen LogP contribution in [0.5, 0.6) is 0 Å². The van der Waals surface area contributed by atoms with E-state index in [1.807, 2.05) is 14.0 Å². The van der Waals surface area contributed by atoms with Gasteiger partial charge in [0.15, 0.2) is 0 Å².